The maximum atomic E-state index is 13.7. The fourth-order valence-electron chi connectivity index (χ4n) is 2.03. The third-order valence-electron chi connectivity index (χ3n) is 3.14. The smallest absolute Gasteiger partial charge is 0.271 e. The molecule has 22 heavy (non-hydrogen) atoms. The number of amides is 1. The fourth-order valence-corrected chi connectivity index (χ4v) is 2.62. The molecular formula is C15H10BrClFN3O. The molecule has 0 radical (unpaired) electrons. The quantitative estimate of drug-likeness (QED) is 0.748. The van der Waals surface area contributed by atoms with Gasteiger partial charge in [0.2, 0.25) is 0 Å². The molecule has 0 bridgehead atoms. The van der Waals surface area contributed by atoms with E-state index >= 15 is 0 Å². The molecule has 0 aliphatic carbocycles. The predicted octanol–water partition coefficient (Wildman–Crippen LogP) is 3.82. The second-order valence-corrected chi connectivity index (χ2v) is 5.94. The summed E-state index contributed by atoms with van der Waals surface area (Å²) >= 11 is 9.27. The van der Waals surface area contributed by atoms with Crippen molar-refractivity contribution in [1.82, 2.24) is 14.7 Å². The normalized spacial score (nSPS) is 10.9. The zero-order valence-electron chi connectivity index (χ0n) is 11.2. The Morgan fingerprint density at radius 3 is 2.91 bits per heavy atom. The summed E-state index contributed by atoms with van der Waals surface area (Å²) in [5.41, 5.74) is 1.16. The van der Waals surface area contributed by atoms with Gasteiger partial charge in [-0.25, -0.2) is 9.37 Å². The molecule has 0 fully saturated rings. The first-order chi connectivity index (χ1) is 10.5. The van der Waals surface area contributed by atoms with Gasteiger partial charge in [0.15, 0.2) is 0 Å². The molecular weight excluding hydrogens is 373 g/mol. The average Bonchev–Trinajstić information content (AvgIpc) is 2.89. The summed E-state index contributed by atoms with van der Waals surface area (Å²) in [4.78, 5) is 16.3. The van der Waals surface area contributed by atoms with Crippen molar-refractivity contribution >= 4 is 39.1 Å². The van der Waals surface area contributed by atoms with Crippen LogP contribution in [0.5, 0.6) is 0 Å². The summed E-state index contributed by atoms with van der Waals surface area (Å²) in [6.45, 7) is 0.00189. The number of nitrogens with zero attached hydrogens (tertiary/aromatic N) is 2. The van der Waals surface area contributed by atoms with Gasteiger partial charge in [0.05, 0.1) is 0 Å². The van der Waals surface area contributed by atoms with E-state index in [-0.39, 0.29) is 28.7 Å². The van der Waals surface area contributed by atoms with Gasteiger partial charge in [-0.05, 0) is 40.2 Å². The van der Waals surface area contributed by atoms with Crippen molar-refractivity contribution in [3.8, 4) is 0 Å². The van der Waals surface area contributed by atoms with E-state index in [0.717, 1.165) is 4.47 Å². The van der Waals surface area contributed by atoms with Crippen LogP contribution in [-0.4, -0.2) is 15.3 Å². The van der Waals surface area contributed by atoms with Crippen LogP contribution in [0.25, 0.3) is 5.65 Å². The minimum absolute atomic E-state index is 0.00189. The number of halogens is 3. The van der Waals surface area contributed by atoms with E-state index in [1.165, 1.54) is 12.1 Å². The Bertz CT molecular complexity index is 845. The fraction of sp³-hybridized carbons (Fsp3) is 0.0667. The van der Waals surface area contributed by atoms with Crippen LogP contribution in [0.4, 0.5) is 4.39 Å². The summed E-state index contributed by atoms with van der Waals surface area (Å²) < 4.78 is 16.3. The predicted molar refractivity (Wildman–Crippen MR) is 85.5 cm³/mol. The zero-order valence-corrected chi connectivity index (χ0v) is 13.5. The van der Waals surface area contributed by atoms with E-state index in [1.54, 1.807) is 28.9 Å². The van der Waals surface area contributed by atoms with E-state index in [4.69, 9.17) is 11.6 Å². The molecule has 112 valence electrons. The Kier molecular flexibility index (Phi) is 4.13. The van der Waals surface area contributed by atoms with Crippen LogP contribution in [0.2, 0.25) is 5.02 Å². The zero-order chi connectivity index (χ0) is 15.7. The lowest BCUT2D eigenvalue weighted by Crippen LogP contribution is -2.23. The maximum absolute atomic E-state index is 13.7. The first kappa shape index (κ1) is 15.0. The van der Waals surface area contributed by atoms with Crippen molar-refractivity contribution in [1.29, 1.82) is 0 Å². The van der Waals surface area contributed by atoms with E-state index in [2.05, 4.69) is 26.2 Å². The molecule has 0 atom stereocenters. The molecule has 0 spiro atoms. The first-order valence-corrected chi connectivity index (χ1v) is 7.57. The lowest BCUT2D eigenvalue weighted by Gasteiger charge is -2.06. The summed E-state index contributed by atoms with van der Waals surface area (Å²) in [5, 5.41) is 2.90. The number of nitrogens with one attached hydrogen (secondary N) is 1. The highest BCUT2D eigenvalue weighted by atomic mass is 79.9. The molecule has 3 rings (SSSR count). The Morgan fingerprint density at radius 1 is 1.32 bits per heavy atom. The number of carbonyl (C=O) groups is 1. The minimum Gasteiger partial charge on any atom is -0.346 e. The van der Waals surface area contributed by atoms with Crippen LogP contribution in [0.3, 0.4) is 0 Å². The monoisotopic (exact) mass is 381 g/mol. The van der Waals surface area contributed by atoms with Gasteiger partial charge in [-0.1, -0.05) is 17.7 Å². The number of rotatable bonds is 3. The molecule has 2 aromatic heterocycles. The maximum Gasteiger partial charge on any atom is 0.271 e. The Morgan fingerprint density at radius 2 is 2.14 bits per heavy atom. The van der Waals surface area contributed by atoms with Crippen LogP contribution >= 0.6 is 27.5 Å². The van der Waals surface area contributed by atoms with Crippen molar-refractivity contribution in [2.45, 2.75) is 6.54 Å². The largest absolute Gasteiger partial charge is 0.346 e. The molecule has 7 heteroatoms. The van der Waals surface area contributed by atoms with Gasteiger partial charge < -0.3 is 9.72 Å². The molecule has 4 nitrogen and oxygen atoms in total. The first-order valence-electron chi connectivity index (χ1n) is 6.40. The SMILES string of the molecule is O=C(NCc1c(F)cccc1Cl)c1cn2cc(Br)ccc2n1. The Labute approximate surface area is 139 Å². The van der Waals surface area contributed by atoms with E-state index in [1.807, 2.05) is 6.07 Å². The highest BCUT2D eigenvalue weighted by Gasteiger charge is 2.13. The van der Waals surface area contributed by atoms with E-state index < -0.39 is 5.82 Å². The Hall–Kier alpha value is -1.92. The summed E-state index contributed by atoms with van der Waals surface area (Å²) in [6, 6.07) is 8.02. The van der Waals surface area contributed by atoms with Crippen molar-refractivity contribution in [2.24, 2.45) is 0 Å². The van der Waals surface area contributed by atoms with E-state index in [9.17, 15) is 9.18 Å². The lowest BCUT2D eigenvalue weighted by atomic mass is 10.2. The number of hydrogen-bond acceptors (Lipinski definition) is 2. The number of aromatic nitrogens is 2. The summed E-state index contributed by atoms with van der Waals surface area (Å²) in [6.07, 6.45) is 3.41. The lowest BCUT2D eigenvalue weighted by molar-refractivity contribution is 0.0946. The van der Waals surface area contributed by atoms with Crippen LogP contribution < -0.4 is 5.32 Å². The molecule has 1 amide bonds. The molecule has 0 saturated heterocycles. The average molecular weight is 383 g/mol. The standard InChI is InChI=1S/C15H10BrClFN3O/c16-9-4-5-14-20-13(8-21(14)7-9)15(22)19-6-10-11(17)2-1-3-12(10)18/h1-5,7-8H,6H2,(H,19,22). The van der Waals surface area contributed by atoms with Gasteiger partial charge in [0, 0.05) is 34.0 Å². The molecule has 1 aromatic carbocycles. The molecule has 0 aliphatic heterocycles. The van der Waals surface area contributed by atoms with Gasteiger partial charge in [-0.15, -0.1) is 0 Å². The number of carbonyl (C=O) groups excluding carboxylic acids is 1. The third-order valence-corrected chi connectivity index (χ3v) is 3.96. The number of benzene rings is 1. The summed E-state index contributed by atoms with van der Waals surface area (Å²) in [7, 11) is 0. The molecule has 3 aromatic rings. The van der Waals surface area contributed by atoms with Crippen molar-refractivity contribution in [3.63, 3.8) is 0 Å². The number of fused-ring (bicyclic) bond motifs is 1. The van der Waals surface area contributed by atoms with Gasteiger partial charge in [-0.2, -0.15) is 0 Å². The number of pyridine rings is 1. The Balaban J connectivity index is 1.79. The van der Waals surface area contributed by atoms with Crippen molar-refractivity contribution in [3.05, 3.63) is 69.3 Å². The van der Waals surface area contributed by atoms with Crippen LogP contribution in [-0.2, 0) is 6.54 Å². The molecule has 1 N–H and O–H groups in total. The van der Waals surface area contributed by atoms with Crippen LogP contribution in [0.1, 0.15) is 16.1 Å². The highest BCUT2D eigenvalue weighted by Crippen LogP contribution is 2.19. The van der Waals surface area contributed by atoms with Crippen LogP contribution in [0, 0.1) is 5.82 Å². The third kappa shape index (κ3) is 2.98. The number of hydrogen-bond donors (Lipinski definition) is 1. The second kappa shape index (κ2) is 6.06. The van der Waals surface area contributed by atoms with Gasteiger partial charge >= 0.3 is 0 Å². The molecule has 0 saturated carbocycles. The van der Waals surface area contributed by atoms with Gasteiger partial charge in [0.1, 0.15) is 17.2 Å². The highest BCUT2D eigenvalue weighted by molar-refractivity contribution is 9.10. The van der Waals surface area contributed by atoms with E-state index in [0.29, 0.717) is 5.65 Å². The van der Waals surface area contributed by atoms with Crippen LogP contribution in [0.15, 0.2) is 47.2 Å². The van der Waals surface area contributed by atoms with Crippen molar-refractivity contribution in [2.75, 3.05) is 0 Å². The van der Waals surface area contributed by atoms with Crippen molar-refractivity contribution < 1.29 is 9.18 Å². The number of imidazole rings is 1. The van der Waals surface area contributed by atoms with Gasteiger partial charge in [-0.3, -0.25) is 4.79 Å². The molecule has 2 heterocycles. The molecule has 0 aliphatic rings. The minimum atomic E-state index is -0.452. The summed E-state index contributed by atoms with van der Waals surface area (Å²) in [5.74, 6) is -0.842. The topological polar surface area (TPSA) is 46.4 Å². The molecule has 0 unspecified atom stereocenters. The second-order valence-electron chi connectivity index (χ2n) is 4.62. The van der Waals surface area contributed by atoms with Gasteiger partial charge in [0.25, 0.3) is 5.91 Å².